The van der Waals surface area contributed by atoms with Crippen LogP contribution in [0.5, 0.6) is 0 Å². The van der Waals surface area contributed by atoms with E-state index < -0.39 is 5.79 Å². The van der Waals surface area contributed by atoms with Crippen molar-refractivity contribution in [2.24, 2.45) is 0 Å². The van der Waals surface area contributed by atoms with Crippen LogP contribution in [-0.2, 0) is 9.53 Å². The number of cyclic esters (lactones) is 1. The van der Waals surface area contributed by atoms with Gasteiger partial charge in [-0.2, -0.15) is 0 Å². The first-order chi connectivity index (χ1) is 3.10. The first kappa shape index (κ1) is 4.59. The van der Waals surface area contributed by atoms with E-state index in [2.05, 4.69) is 4.74 Å². The third-order valence-corrected chi connectivity index (χ3v) is 0.806. The van der Waals surface area contributed by atoms with Gasteiger partial charge in [0.15, 0.2) is 0 Å². The number of esters is 1. The minimum atomic E-state index is -1.16. The van der Waals surface area contributed by atoms with E-state index in [0.29, 0.717) is 0 Å². The average Bonchev–Trinajstić information content (AvgIpc) is 1.27. The third kappa shape index (κ3) is 0.718. The summed E-state index contributed by atoms with van der Waals surface area (Å²) < 4.78 is 4.24. The Morgan fingerprint density at radius 2 is 2.43 bits per heavy atom. The highest BCUT2D eigenvalue weighted by Gasteiger charge is 2.39. The summed E-state index contributed by atoms with van der Waals surface area (Å²) in [7, 11) is 0. The van der Waals surface area contributed by atoms with E-state index in [0.717, 1.165) is 0 Å². The van der Waals surface area contributed by atoms with Crippen molar-refractivity contribution in [1.82, 2.24) is 0 Å². The molecule has 1 rings (SSSR count). The molecule has 1 saturated heterocycles. The number of ether oxygens (including phenoxy) is 1. The SMILES string of the molecule is CC1(O)CC(=O)O1. The Hall–Kier alpha value is -0.570. The zero-order chi connectivity index (χ0) is 5.49. The van der Waals surface area contributed by atoms with E-state index in [1.165, 1.54) is 6.92 Å². The highest BCUT2D eigenvalue weighted by molar-refractivity contribution is 5.75. The van der Waals surface area contributed by atoms with Gasteiger partial charge in [0.05, 0.1) is 0 Å². The Bertz CT molecular complexity index is 95.5. The monoisotopic (exact) mass is 102 g/mol. The van der Waals surface area contributed by atoms with Gasteiger partial charge in [0.1, 0.15) is 6.42 Å². The van der Waals surface area contributed by atoms with Crippen LogP contribution in [0.1, 0.15) is 13.3 Å². The highest BCUT2D eigenvalue weighted by atomic mass is 16.7. The molecule has 0 aromatic heterocycles. The minimum absolute atomic E-state index is 0.132. The number of carbonyl (C=O) groups excluding carboxylic acids is 1. The second-order valence-electron chi connectivity index (χ2n) is 1.83. The Morgan fingerprint density at radius 1 is 2.00 bits per heavy atom. The summed E-state index contributed by atoms with van der Waals surface area (Å²) in [4.78, 5) is 9.93. The molecule has 0 amide bonds. The normalized spacial score (nSPS) is 39.4. The summed E-state index contributed by atoms with van der Waals surface area (Å²) in [6.45, 7) is 1.45. The molecule has 1 unspecified atom stereocenters. The molecule has 0 spiro atoms. The average molecular weight is 102 g/mol. The molecule has 1 N–H and O–H groups in total. The van der Waals surface area contributed by atoms with Crippen molar-refractivity contribution >= 4 is 5.97 Å². The predicted octanol–water partition coefficient (Wildman–Crippen LogP) is -0.358. The molecule has 1 heterocycles. The van der Waals surface area contributed by atoms with Crippen molar-refractivity contribution in [2.75, 3.05) is 0 Å². The van der Waals surface area contributed by atoms with Gasteiger partial charge < -0.3 is 9.84 Å². The molecular formula is C4H6O3. The number of rotatable bonds is 0. The van der Waals surface area contributed by atoms with Gasteiger partial charge in [0.2, 0.25) is 5.79 Å². The van der Waals surface area contributed by atoms with Crippen molar-refractivity contribution in [1.29, 1.82) is 0 Å². The molecule has 3 heteroatoms. The van der Waals surface area contributed by atoms with Gasteiger partial charge in [0.25, 0.3) is 0 Å². The van der Waals surface area contributed by atoms with Gasteiger partial charge >= 0.3 is 5.97 Å². The van der Waals surface area contributed by atoms with Gasteiger partial charge in [-0.25, -0.2) is 0 Å². The van der Waals surface area contributed by atoms with E-state index in [1.54, 1.807) is 0 Å². The predicted molar refractivity (Wildman–Crippen MR) is 21.3 cm³/mol. The summed E-state index contributed by atoms with van der Waals surface area (Å²) in [5, 5.41) is 8.64. The molecule has 1 aliphatic rings. The van der Waals surface area contributed by atoms with Crippen LogP contribution in [0.2, 0.25) is 0 Å². The molecule has 40 valence electrons. The Balaban J connectivity index is 2.43. The molecule has 0 aliphatic carbocycles. The number of aliphatic hydroxyl groups is 1. The lowest BCUT2D eigenvalue weighted by Gasteiger charge is -2.30. The summed E-state index contributed by atoms with van der Waals surface area (Å²) in [5.41, 5.74) is 0. The maximum atomic E-state index is 9.93. The maximum Gasteiger partial charge on any atom is 0.314 e. The smallest absolute Gasteiger partial charge is 0.314 e. The minimum Gasteiger partial charge on any atom is -0.433 e. The van der Waals surface area contributed by atoms with Crippen LogP contribution in [0.25, 0.3) is 0 Å². The molecule has 0 saturated carbocycles. The van der Waals surface area contributed by atoms with E-state index in [1.807, 2.05) is 0 Å². The van der Waals surface area contributed by atoms with E-state index in [9.17, 15) is 4.79 Å². The fraction of sp³-hybridized carbons (Fsp3) is 0.750. The second kappa shape index (κ2) is 0.980. The molecule has 7 heavy (non-hydrogen) atoms. The largest absolute Gasteiger partial charge is 0.433 e. The summed E-state index contributed by atoms with van der Waals surface area (Å²) >= 11 is 0. The zero-order valence-electron chi connectivity index (χ0n) is 3.97. The topological polar surface area (TPSA) is 46.5 Å². The molecule has 0 aromatic carbocycles. The second-order valence-corrected chi connectivity index (χ2v) is 1.83. The molecule has 1 aliphatic heterocycles. The summed E-state index contributed by atoms with van der Waals surface area (Å²) in [5.74, 6) is -1.48. The van der Waals surface area contributed by atoms with E-state index in [4.69, 9.17) is 5.11 Å². The quantitative estimate of drug-likeness (QED) is 0.425. The molecule has 0 aromatic rings. The number of hydrogen-bond acceptors (Lipinski definition) is 3. The van der Waals surface area contributed by atoms with Gasteiger partial charge in [0, 0.05) is 6.92 Å². The number of carbonyl (C=O) groups is 1. The Labute approximate surface area is 40.9 Å². The van der Waals surface area contributed by atoms with Crippen LogP contribution in [0.3, 0.4) is 0 Å². The number of hydrogen-bond donors (Lipinski definition) is 1. The molecule has 0 bridgehead atoms. The maximum absolute atomic E-state index is 9.93. The van der Waals surface area contributed by atoms with Crippen LogP contribution >= 0.6 is 0 Å². The molecule has 1 atom stereocenters. The van der Waals surface area contributed by atoms with Gasteiger partial charge in [-0.15, -0.1) is 0 Å². The standard InChI is InChI=1S/C4H6O3/c1-4(6)2-3(5)7-4/h6H,2H2,1H3. The first-order valence-electron chi connectivity index (χ1n) is 2.04. The van der Waals surface area contributed by atoms with Crippen LogP contribution in [0.4, 0.5) is 0 Å². The van der Waals surface area contributed by atoms with Crippen molar-refractivity contribution in [3.05, 3.63) is 0 Å². The highest BCUT2D eigenvalue weighted by Crippen LogP contribution is 2.22. The third-order valence-electron chi connectivity index (χ3n) is 0.806. The zero-order valence-corrected chi connectivity index (χ0v) is 3.97. The van der Waals surface area contributed by atoms with Crippen LogP contribution in [-0.4, -0.2) is 16.9 Å². The van der Waals surface area contributed by atoms with E-state index >= 15 is 0 Å². The van der Waals surface area contributed by atoms with Crippen molar-refractivity contribution in [3.8, 4) is 0 Å². The lowest BCUT2D eigenvalue weighted by atomic mass is 10.1. The molecule has 1 fully saturated rings. The van der Waals surface area contributed by atoms with Crippen LogP contribution in [0, 0.1) is 0 Å². The first-order valence-corrected chi connectivity index (χ1v) is 2.04. The summed E-state index contributed by atoms with van der Waals surface area (Å²) in [6, 6.07) is 0. The fourth-order valence-electron chi connectivity index (χ4n) is 0.505. The summed E-state index contributed by atoms with van der Waals surface area (Å²) in [6.07, 6.45) is 0.132. The van der Waals surface area contributed by atoms with Crippen molar-refractivity contribution in [2.45, 2.75) is 19.1 Å². The Kier molecular flexibility index (Phi) is 0.642. The molecular weight excluding hydrogens is 96.0 g/mol. The van der Waals surface area contributed by atoms with Gasteiger partial charge in [-0.3, -0.25) is 4.79 Å². The lowest BCUT2D eigenvalue weighted by Crippen LogP contribution is -2.44. The van der Waals surface area contributed by atoms with Gasteiger partial charge in [-0.05, 0) is 0 Å². The van der Waals surface area contributed by atoms with Crippen LogP contribution < -0.4 is 0 Å². The van der Waals surface area contributed by atoms with Crippen LogP contribution in [0.15, 0.2) is 0 Å². The molecule has 3 nitrogen and oxygen atoms in total. The van der Waals surface area contributed by atoms with Crippen molar-refractivity contribution < 1.29 is 14.6 Å². The lowest BCUT2D eigenvalue weighted by molar-refractivity contribution is -0.248. The van der Waals surface area contributed by atoms with Gasteiger partial charge in [-0.1, -0.05) is 0 Å². The van der Waals surface area contributed by atoms with Crippen molar-refractivity contribution in [3.63, 3.8) is 0 Å². The van der Waals surface area contributed by atoms with E-state index in [-0.39, 0.29) is 12.4 Å². The Morgan fingerprint density at radius 3 is 2.43 bits per heavy atom. The fourth-order valence-corrected chi connectivity index (χ4v) is 0.505. The molecule has 0 radical (unpaired) electrons.